The number of rotatable bonds is 16. The number of benzene rings is 1. The first kappa shape index (κ1) is 39.8. The first-order valence-corrected chi connectivity index (χ1v) is 19.6. The number of anilines is 1. The van der Waals surface area contributed by atoms with E-state index < -0.39 is 23.6 Å². The Balaban J connectivity index is 0.998. The van der Waals surface area contributed by atoms with Crippen molar-refractivity contribution >= 4 is 40.7 Å². The first-order valence-electron chi connectivity index (χ1n) is 18.7. The SMILES string of the molecule is Cc1ncsc1-c1ccc(CCNC(=O)[C@@H]2C[C@@H](O)CN2C(=O)C(C)(C)[C@H](C)NC(=O)CCCCCNC(=O)c2ccc(N3CCNCC3)cn2)cc1. The third-order valence-corrected chi connectivity index (χ3v) is 11.3. The first-order chi connectivity index (χ1) is 25.4. The minimum atomic E-state index is -1.02. The summed E-state index contributed by atoms with van der Waals surface area (Å²) in [6.45, 7) is 11.9. The van der Waals surface area contributed by atoms with Crippen molar-refractivity contribution < 1.29 is 24.3 Å². The predicted octanol–water partition coefficient (Wildman–Crippen LogP) is 3.06. The van der Waals surface area contributed by atoms with Gasteiger partial charge in [-0.15, -0.1) is 11.3 Å². The van der Waals surface area contributed by atoms with E-state index >= 15 is 0 Å². The van der Waals surface area contributed by atoms with Gasteiger partial charge in [0.1, 0.15) is 11.7 Å². The predicted molar refractivity (Wildman–Crippen MR) is 207 cm³/mol. The summed E-state index contributed by atoms with van der Waals surface area (Å²) < 4.78 is 0. The van der Waals surface area contributed by atoms with Crippen molar-refractivity contribution in [2.24, 2.45) is 5.41 Å². The van der Waals surface area contributed by atoms with E-state index in [2.05, 4.69) is 48.3 Å². The van der Waals surface area contributed by atoms with Crippen LogP contribution in [-0.4, -0.2) is 108 Å². The highest BCUT2D eigenvalue weighted by Crippen LogP contribution is 2.30. The Hall–Kier alpha value is -4.40. The molecular formula is C39H54N8O5S. The molecule has 13 nitrogen and oxygen atoms in total. The Bertz CT molecular complexity index is 1690. The second-order valence-corrected chi connectivity index (χ2v) is 15.4. The van der Waals surface area contributed by atoms with Crippen LogP contribution in [-0.2, 0) is 20.8 Å². The van der Waals surface area contributed by atoms with Crippen LogP contribution in [0.3, 0.4) is 0 Å². The average molecular weight is 747 g/mol. The van der Waals surface area contributed by atoms with Gasteiger partial charge in [0.15, 0.2) is 0 Å². The molecule has 14 heteroatoms. The lowest BCUT2D eigenvalue weighted by molar-refractivity contribution is -0.147. The van der Waals surface area contributed by atoms with E-state index in [4.69, 9.17) is 0 Å². The van der Waals surface area contributed by atoms with Gasteiger partial charge in [-0.05, 0) is 70.2 Å². The lowest BCUT2D eigenvalue weighted by Gasteiger charge is -2.36. The largest absolute Gasteiger partial charge is 0.391 e. The third-order valence-electron chi connectivity index (χ3n) is 10.4. The topological polar surface area (TPSA) is 169 Å². The van der Waals surface area contributed by atoms with Crippen molar-refractivity contribution in [2.45, 2.75) is 84.4 Å². The van der Waals surface area contributed by atoms with Gasteiger partial charge in [0.2, 0.25) is 17.7 Å². The van der Waals surface area contributed by atoms with Gasteiger partial charge in [-0.1, -0.05) is 30.7 Å². The normalized spacial score (nSPS) is 18.1. The van der Waals surface area contributed by atoms with Crippen LogP contribution in [0, 0.1) is 12.3 Å². The van der Waals surface area contributed by atoms with E-state index in [1.807, 2.05) is 30.6 Å². The fourth-order valence-corrected chi connectivity index (χ4v) is 7.51. The maximum Gasteiger partial charge on any atom is 0.269 e. The number of hydrogen-bond donors (Lipinski definition) is 5. The zero-order valence-electron chi connectivity index (χ0n) is 31.3. The average Bonchev–Trinajstić information content (AvgIpc) is 3.78. The molecule has 0 radical (unpaired) electrons. The van der Waals surface area contributed by atoms with Crippen molar-refractivity contribution in [1.29, 1.82) is 0 Å². The number of nitrogens with one attached hydrogen (secondary N) is 4. The summed E-state index contributed by atoms with van der Waals surface area (Å²) in [5.74, 6) is -0.970. The molecule has 5 N–H and O–H groups in total. The van der Waals surface area contributed by atoms with Crippen LogP contribution in [0.15, 0.2) is 48.1 Å². The number of carbonyl (C=O) groups is 4. The van der Waals surface area contributed by atoms with Crippen LogP contribution in [0.5, 0.6) is 0 Å². The lowest BCUT2D eigenvalue weighted by atomic mass is 9.83. The molecule has 2 aromatic heterocycles. The molecule has 0 saturated carbocycles. The minimum absolute atomic E-state index is 0.0634. The molecule has 1 aromatic carbocycles. The van der Waals surface area contributed by atoms with Gasteiger partial charge in [-0.2, -0.15) is 0 Å². The standard InChI is InChI=1S/C39H54N8O5S/c1-26-35(53-25-44-26)29-11-9-28(10-12-29)15-17-42-37(51)33-22-31(48)24-47(33)38(52)39(3,4)27(2)45-34(49)8-6-5-7-16-41-36(50)32-14-13-30(23-43-32)46-20-18-40-19-21-46/h9-14,23,25,27,31,33,40,48H,5-8,15-22,24H2,1-4H3,(H,41,50)(H,42,51)(H,45,49)/t27-,31+,33-/m0/s1. The Kier molecular flexibility index (Phi) is 13.9. The molecule has 0 aliphatic carbocycles. The molecule has 0 unspecified atom stereocenters. The van der Waals surface area contributed by atoms with E-state index in [1.54, 1.807) is 44.4 Å². The van der Waals surface area contributed by atoms with Gasteiger partial charge < -0.3 is 36.2 Å². The zero-order valence-corrected chi connectivity index (χ0v) is 32.1. The van der Waals surface area contributed by atoms with Crippen LogP contribution in [0.4, 0.5) is 5.69 Å². The second-order valence-electron chi connectivity index (χ2n) is 14.6. The molecule has 4 heterocycles. The fraction of sp³-hybridized carbons (Fsp3) is 0.538. The molecule has 4 amide bonds. The van der Waals surface area contributed by atoms with Crippen LogP contribution < -0.4 is 26.2 Å². The molecule has 3 atom stereocenters. The molecule has 2 aliphatic rings. The van der Waals surface area contributed by atoms with E-state index in [0.717, 1.165) is 66.4 Å². The number of thiazole rings is 1. The Morgan fingerprint density at radius 1 is 1.00 bits per heavy atom. The third kappa shape index (κ3) is 10.6. The fourth-order valence-electron chi connectivity index (χ4n) is 6.70. The van der Waals surface area contributed by atoms with Crippen LogP contribution in [0.25, 0.3) is 10.4 Å². The number of carbonyl (C=O) groups excluding carboxylic acids is 4. The number of aliphatic hydroxyl groups is 1. The number of piperazine rings is 1. The van der Waals surface area contributed by atoms with Crippen molar-refractivity contribution in [3.8, 4) is 10.4 Å². The molecule has 286 valence electrons. The summed E-state index contributed by atoms with van der Waals surface area (Å²) in [6.07, 6.45) is 4.13. The number of nitrogens with zero attached hydrogens (tertiary/aromatic N) is 4. The molecule has 3 aromatic rings. The van der Waals surface area contributed by atoms with Gasteiger partial charge in [0.25, 0.3) is 5.91 Å². The smallest absolute Gasteiger partial charge is 0.269 e. The van der Waals surface area contributed by atoms with E-state index in [-0.39, 0.29) is 36.6 Å². The Morgan fingerprint density at radius 3 is 2.43 bits per heavy atom. The minimum Gasteiger partial charge on any atom is -0.391 e. The summed E-state index contributed by atoms with van der Waals surface area (Å²) in [4.78, 5) is 65.9. The van der Waals surface area contributed by atoms with Gasteiger partial charge in [0.05, 0.1) is 39.5 Å². The second kappa shape index (κ2) is 18.6. The molecule has 2 aliphatic heterocycles. The number of β-amino-alcohol motifs (C(OH)–C–C–N with tert-alkyl or cyclic N) is 1. The highest BCUT2D eigenvalue weighted by atomic mass is 32.1. The molecule has 0 spiro atoms. The van der Waals surface area contributed by atoms with Gasteiger partial charge in [-0.25, -0.2) is 9.97 Å². The van der Waals surface area contributed by atoms with Crippen molar-refractivity contribution in [3.05, 3.63) is 65.1 Å². The van der Waals surface area contributed by atoms with Crippen molar-refractivity contribution in [1.82, 2.24) is 36.1 Å². The summed E-state index contributed by atoms with van der Waals surface area (Å²) >= 11 is 1.61. The number of hydrogen-bond acceptors (Lipinski definition) is 10. The molecule has 0 bridgehead atoms. The number of unbranched alkanes of at least 4 members (excludes halogenated alkanes) is 2. The van der Waals surface area contributed by atoms with Crippen LogP contribution >= 0.6 is 11.3 Å². The number of aromatic nitrogens is 2. The maximum absolute atomic E-state index is 13.8. The van der Waals surface area contributed by atoms with E-state index in [9.17, 15) is 24.3 Å². The van der Waals surface area contributed by atoms with Crippen LogP contribution in [0.2, 0.25) is 0 Å². The van der Waals surface area contributed by atoms with E-state index in [0.29, 0.717) is 38.0 Å². The Labute approximate surface area is 316 Å². The zero-order chi connectivity index (χ0) is 38.0. The number of aliphatic hydroxyl groups excluding tert-OH is 1. The molecule has 5 rings (SSSR count). The summed E-state index contributed by atoms with van der Waals surface area (Å²) in [5.41, 5.74) is 5.40. The number of pyridine rings is 1. The van der Waals surface area contributed by atoms with Crippen LogP contribution in [0.1, 0.15) is 74.6 Å². The van der Waals surface area contributed by atoms with Gasteiger partial charge in [0, 0.05) is 64.7 Å². The number of amides is 4. The van der Waals surface area contributed by atoms with Crippen molar-refractivity contribution in [3.63, 3.8) is 0 Å². The van der Waals surface area contributed by atoms with Gasteiger partial charge in [-0.3, -0.25) is 19.2 Å². The number of likely N-dealkylation sites (tertiary alicyclic amines) is 1. The summed E-state index contributed by atoms with van der Waals surface area (Å²) in [7, 11) is 0. The van der Waals surface area contributed by atoms with Gasteiger partial charge >= 0.3 is 0 Å². The molecular weight excluding hydrogens is 693 g/mol. The number of aryl methyl sites for hydroxylation is 1. The summed E-state index contributed by atoms with van der Waals surface area (Å²) in [5, 5.41) is 22.6. The Morgan fingerprint density at radius 2 is 1.75 bits per heavy atom. The van der Waals surface area contributed by atoms with Crippen molar-refractivity contribution in [2.75, 3.05) is 50.7 Å². The maximum atomic E-state index is 13.8. The molecule has 2 fully saturated rings. The van der Waals surface area contributed by atoms with E-state index in [1.165, 1.54) is 4.90 Å². The highest BCUT2D eigenvalue weighted by molar-refractivity contribution is 7.13. The quantitative estimate of drug-likeness (QED) is 0.138. The lowest BCUT2D eigenvalue weighted by Crippen LogP contribution is -2.55. The molecule has 53 heavy (non-hydrogen) atoms. The monoisotopic (exact) mass is 746 g/mol. The highest BCUT2D eigenvalue weighted by Gasteiger charge is 2.46. The molecule has 2 saturated heterocycles. The summed E-state index contributed by atoms with van der Waals surface area (Å²) in [6, 6.07) is 10.6.